The molecular formula is C16H16O2S. The van der Waals surface area contributed by atoms with Crippen LogP contribution in [0.15, 0.2) is 52.3 Å². The van der Waals surface area contributed by atoms with Gasteiger partial charge < -0.3 is 0 Å². The smallest absolute Gasteiger partial charge is 0.207 e. The molecule has 0 amide bonds. The molecule has 0 spiro atoms. The number of hydrogen-bond acceptors (Lipinski definition) is 2. The fourth-order valence-electron chi connectivity index (χ4n) is 2.79. The van der Waals surface area contributed by atoms with Gasteiger partial charge in [0.25, 0.3) is 0 Å². The Hall–Kier alpha value is -1.61. The molecule has 98 valence electrons. The van der Waals surface area contributed by atoms with Gasteiger partial charge in [-0.05, 0) is 42.5 Å². The van der Waals surface area contributed by atoms with Gasteiger partial charge in [-0.25, -0.2) is 8.42 Å². The Morgan fingerprint density at radius 1 is 1.05 bits per heavy atom. The largest absolute Gasteiger partial charge is 0.218 e. The van der Waals surface area contributed by atoms with Gasteiger partial charge in [0.15, 0.2) is 0 Å². The maximum absolute atomic E-state index is 12.8. The van der Waals surface area contributed by atoms with Crippen LogP contribution >= 0.6 is 0 Å². The van der Waals surface area contributed by atoms with Gasteiger partial charge in [-0.15, -0.1) is 0 Å². The normalized spacial score (nSPS) is 20.2. The zero-order valence-corrected chi connectivity index (χ0v) is 11.9. The van der Waals surface area contributed by atoms with E-state index in [-0.39, 0.29) is 5.92 Å². The van der Waals surface area contributed by atoms with Gasteiger partial charge in [0.05, 0.1) is 9.79 Å². The Morgan fingerprint density at radius 2 is 1.79 bits per heavy atom. The summed E-state index contributed by atoms with van der Waals surface area (Å²) in [5, 5.41) is 0. The van der Waals surface area contributed by atoms with Crippen molar-refractivity contribution in [3.05, 3.63) is 59.2 Å². The van der Waals surface area contributed by atoms with Crippen molar-refractivity contribution < 1.29 is 8.42 Å². The summed E-state index contributed by atoms with van der Waals surface area (Å²) in [5.41, 5.74) is 2.96. The van der Waals surface area contributed by atoms with Crippen molar-refractivity contribution in [1.82, 2.24) is 0 Å². The lowest BCUT2D eigenvalue weighted by Gasteiger charge is -2.12. The van der Waals surface area contributed by atoms with Crippen LogP contribution in [0.3, 0.4) is 0 Å². The Kier molecular flexibility index (Phi) is 2.75. The highest BCUT2D eigenvalue weighted by atomic mass is 32.2. The van der Waals surface area contributed by atoms with Crippen LogP contribution in [0.4, 0.5) is 0 Å². The molecule has 0 bridgehead atoms. The summed E-state index contributed by atoms with van der Waals surface area (Å²) in [4.78, 5) is 0.931. The number of fused-ring (bicyclic) bond motifs is 2. The standard InChI is InChI=1S/C16H16O2S/c1-11-7-8-16-14(9-11)12(2)10-13-5-3-4-6-15(13)19(16,17)18/h3-9,12H,10H2,1-2H3. The van der Waals surface area contributed by atoms with Crippen LogP contribution in [0.5, 0.6) is 0 Å². The molecule has 0 N–H and O–H groups in total. The molecule has 1 atom stereocenters. The van der Waals surface area contributed by atoms with Crippen LogP contribution < -0.4 is 0 Å². The van der Waals surface area contributed by atoms with Gasteiger partial charge in [0.1, 0.15) is 0 Å². The van der Waals surface area contributed by atoms with Crippen molar-refractivity contribution in [1.29, 1.82) is 0 Å². The van der Waals surface area contributed by atoms with E-state index in [0.29, 0.717) is 9.79 Å². The summed E-state index contributed by atoms with van der Waals surface area (Å²) in [5.74, 6) is 0.216. The summed E-state index contributed by atoms with van der Waals surface area (Å²) >= 11 is 0. The molecule has 3 rings (SSSR count). The Labute approximate surface area is 114 Å². The van der Waals surface area contributed by atoms with Crippen molar-refractivity contribution >= 4 is 9.84 Å². The van der Waals surface area contributed by atoms with E-state index in [1.54, 1.807) is 18.2 Å². The van der Waals surface area contributed by atoms with Crippen LogP contribution in [-0.4, -0.2) is 8.42 Å². The maximum Gasteiger partial charge on any atom is 0.207 e. The quantitative estimate of drug-likeness (QED) is 0.735. The fourth-order valence-corrected chi connectivity index (χ4v) is 4.60. The van der Waals surface area contributed by atoms with Crippen molar-refractivity contribution in [3.8, 4) is 0 Å². The molecule has 2 aromatic carbocycles. The predicted octanol–water partition coefficient (Wildman–Crippen LogP) is 3.49. The van der Waals surface area contributed by atoms with E-state index in [0.717, 1.165) is 23.1 Å². The summed E-state index contributed by atoms with van der Waals surface area (Å²) in [6, 6.07) is 13.0. The highest BCUT2D eigenvalue weighted by Crippen LogP contribution is 2.37. The predicted molar refractivity (Wildman–Crippen MR) is 75.2 cm³/mol. The Balaban J connectivity index is 2.37. The Bertz CT molecular complexity index is 745. The number of aryl methyl sites for hydroxylation is 1. The minimum Gasteiger partial charge on any atom is -0.218 e. The van der Waals surface area contributed by atoms with Gasteiger partial charge in [0, 0.05) is 0 Å². The van der Waals surface area contributed by atoms with Crippen LogP contribution in [0, 0.1) is 6.92 Å². The van der Waals surface area contributed by atoms with Crippen LogP contribution in [0.1, 0.15) is 29.5 Å². The van der Waals surface area contributed by atoms with E-state index in [9.17, 15) is 8.42 Å². The van der Waals surface area contributed by atoms with Crippen LogP contribution in [-0.2, 0) is 16.3 Å². The first kappa shape index (κ1) is 12.4. The minimum atomic E-state index is -3.39. The third-order valence-electron chi connectivity index (χ3n) is 3.77. The number of benzene rings is 2. The van der Waals surface area contributed by atoms with Crippen molar-refractivity contribution in [2.24, 2.45) is 0 Å². The number of hydrogen-bond donors (Lipinski definition) is 0. The zero-order valence-electron chi connectivity index (χ0n) is 11.1. The van der Waals surface area contributed by atoms with Crippen molar-refractivity contribution in [3.63, 3.8) is 0 Å². The molecule has 3 heteroatoms. The Morgan fingerprint density at radius 3 is 2.58 bits per heavy atom. The van der Waals surface area contributed by atoms with E-state index in [1.165, 1.54) is 0 Å². The average molecular weight is 272 g/mol. The van der Waals surface area contributed by atoms with E-state index in [4.69, 9.17) is 0 Å². The molecule has 19 heavy (non-hydrogen) atoms. The fraction of sp³-hybridized carbons (Fsp3) is 0.250. The topological polar surface area (TPSA) is 34.1 Å². The molecule has 1 unspecified atom stereocenters. The second-order valence-corrected chi connectivity index (χ2v) is 7.14. The third kappa shape index (κ3) is 1.89. The number of sulfone groups is 1. The molecule has 0 saturated heterocycles. The third-order valence-corrected chi connectivity index (χ3v) is 5.70. The SMILES string of the molecule is Cc1ccc2c(c1)C(C)Cc1ccccc1S2(=O)=O. The molecule has 1 aliphatic rings. The van der Waals surface area contributed by atoms with Gasteiger partial charge in [-0.3, -0.25) is 0 Å². The maximum atomic E-state index is 12.8. The van der Waals surface area contributed by atoms with E-state index in [2.05, 4.69) is 6.92 Å². The molecule has 0 fully saturated rings. The van der Waals surface area contributed by atoms with Gasteiger partial charge in [0.2, 0.25) is 9.84 Å². The van der Waals surface area contributed by atoms with Crippen LogP contribution in [0.25, 0.3) is 0 Å². The lowest BCUT2D eigenvalue weighted by atomic mass is 9.93. The molecule has 0 radical (unpaired) electrons. The number of rotatable bonds is 0. The zero-order chi connectivity index (χ0) is 13.6. The lowest BCUT2D eigenvalue weighted by Crippen LogP contribution is -2.05. The van der Waals surface area contributed by atoms with Crippen molar-refractivity contribution in [2.45, 2.75) is 36.0 Å². The van der Waals surface area contributed by atoms with E-state index >= 15 is 0 Å². The van der Waals surface area contributed by atoms with Gasteiger partial charge >= 0.3 is 0 Å². The lowest BCUT2D eigenvalue weighted by molar-refractivity contribution is 0.595. The van der Waals surface area contributed by atoms with E-state index in [1.807, 2.05) is 31.2 Å². The second-order valence-electron chi connectivity index (χ2n) is 5.26. The summed E-state index contributed by atoms with van der Waals surface area (Å²) in [7, 11) is -3.39. The minimum absolute atomic E-state index is 0.216. The molecule has 1 heterocycles. The molecular weight excluding hydrogens is 256 g/mol. The summed E-state index contributed by atoms with van der Waals surface area (Å²) < 4.78 is 25.5. The average Bonchev–Trinajstić information content (AvgIpc) is 2.45. The second kappa shape index (κ2) is 4.20. The highest BCUT2D eigenvalue weighted by molar-refractivity contribution is 7.91. The first-order chi connectivity index (χ1) is 9.00. The molecule has 1 aliphatic heterocycles. The molecule has 2 aromatic rings. The monoisotopic (exact) mass is 272 g/mol. The summed E-state index contributed by atoms with van der Waals surface area (Å²) in [6.07, 6.45) is 0.770. The summed E-state index contributed by atoms with van der Waals surface area (Å²) in [6.45, 7) is 4.09. The molecule has 0 aromatic heterocycles. The highest BCUT2D eigenvalue weighted by Gasteiger charge is 2.29. The van der Waals surface area contributed by atoms with Gasteiger partial charge in [-0.2, -0.15) is 0 Å². The van der Waals surface area contributed by atoms with Gasteiger partial charge in [-0.1, -0.05) is 42.8 Å². The first-order valence-electron chi connectivity index (χ1n) is 6.43. The van der Waals surface area contributed by atoms with E-state index < -0.39 is 9.84 Å². The van der Waals surface area contributed by atoms with Crippen LogP contribution in [0.2, 0.25) is 0 Å². The molecule has 0 aliphatic carbocycles. The van der Waals surface area contributed by atoms with Crippen molar-refractivity contribution in [2.75, 3.05) is 0 Å². The first-order valence-corrected chi connectivity index (χ1v) is 7.92. The molecule has 2 nitrogen and oxygen atoms in total. The molecule has 0 saturated carbocycles.